The van der Waals surface area contributed by atoms with E-state index in [1.165, 1.54) is 17.8 Å². The molecule has 1 rings (SSSR count). The Hall–Kier alpha value is -1.37. The van der Waals surface area contributed by atoms with Crippen molar-refractivity contribution in [2.24, 2.45) is 0 Å². The maximum absolute atomic E-state index is 10.9. The van der Waals surface area contributed by atoms with E-state index < -0.39 is 0 Å². The molecule has 82 valence electrons. The smallest absolute Gasteiger partial charge is 0.331 e. The first kappa shape index (κ1) is 11.7. The van der Waals surface area contributed by atoms with Gasteiger partial charge in [0.25, 0.3) is 0 Å². The molecule has 0 aliphatic carbocycles. The largest absolute Gasteiger partial charge is 0.463 e. The van der Waals surface area contributed by atoms with Crippen molar-refractivity contribution < 1.29 is 9.53 Å². The molecular weight excluding hydrogens is 216 g/mol. The summed E-state index contributed by atoms with van der Waals surface area (Å²) in [4.78, 5) is 10.9. The van der Waals surface area contributed by atoms with Gasteiger partial charge < -0.3 is 4.74 Å². The molecule has 0 amide bonds. The Labute approximate surface area is 91.7 Å². The van der Waals surface area contributed by atoms with Gasteiger partial charge in [-0.05, 0) is 29.7 Å². The number of aryl methyl sites for hydroxylation is 1. The molecule has 0 aliphatic heterocycles. The van der Waals surface area contributed by atoms with E-state index in [9.17, 15) is 4.79 Å². The third-order valence-corrected chi connectivity index (χ3v) is 2.24. The van der Waals surface area contributed by atoms with Crippen molar-refractivity contribution in [1.82, 2.24) is 20.2 Å². The van der Waals surface area contributed by atoms with Crippen LogP contribution in [0.4, 0.5) is 0 Å². The Bertz CT molecular complexity index is 350. The van der Waals surface area contributed by atoms with Crippen LogP contribution in [0.1, 0.15) is 13.8 Å². The predicted octanol–water partition coefficient (Wildman–Crippen LogP) is 0.862. The number of nitrogens with zero attached hydrogens (tertiary/aromatic N) is 4. The van der Waals surface area contributed by atoms with Gasteiger partial charge in [0.15, 0.2) is 0 Å². The first-order valence-corrected chi connectivity index (χ1v) is 5.42. The maximum atomic E-state index is 10.9. The molecule has 0 fully saturated rings. The van der Waals surface area contributed by atoms with Crippen molar-refractivity contribution in [3.05, 3.63) is 11.5 Å². The van der Waals surface area contributed by atoms with Gasteiger partial charge in [-0.1, -0.05) is 11.8 Å². The zero-order chi connectivity index (χ0) is 11.1. The lowest BCUT2D eigenvalue weighted by atomic mass is 10.6. The van der Waals surface area contributed by atoms with Crippen LogP contribution in [0.3, 0.4) is 0 Å². The molecule has 15 heavy (non-hydrogen) atoms. The Morgan fingerprint density at radius 1 is 1.60 bits per heavy atom. The molecule has 0 bridgehead atoms. The van der Waals surface area contributed by atoms with Gasteiger partial charge >= 0.3 is 5.97 Å². The number of carbonyl (C=O) groups excluding carboxylic acids is 1. The highest BCUT2D eigenvalue weighted by Gasteiger charge is 2.02. The van der Waals surface area contributed by atoms with E-state index in [0.717, 1.165) is 0 Å². The summed E-state index contributed by atoms with van der Waals surface area (Å²) in [7, 11) is 0. The highest BCUT2D eigenvalue weighted by atomic mass is 32.2. The standard InChI is InChI=1S/C8H12N4O2S/c1-3-12-8(9-10-11-12)15-6-5-7(13)14-4-2/h5-6H,3-4H2,1-2H3/b6-5-. The predicted molar refractivity (Wildman–Crippen MR) is 55.1 cm³/mol. The summed E-state index contributed by atoms with van der Waals surface area (Å²) in [6.07, 6.45) is 1.35. The minimum absolute atomic E-state index is 0.361. The summed E-state index contributed by atoms with van der Waals surface area (Å²) in [5.41, 5.74) is 0. The number of hydrogen-bond donors (Lipinski definition) is 0. The number of aromatic nitrogens is 4. The second-order valence-electron chi connectivity index (χ2n) is 2.45. The second-order valence-corrected chi connectivity index (χ2v) is 3.32. The van der Waals surface area contributed by atoms with Gasteiger partial charge in [0.2, 0.25) is 5.16 Å². The summed E-state index contributed by atoms with van der Waals surface area (Å²) in [6, 6.07) is 0. The van der Waals surface area contributed by atoms with Crippen LogP contribution < -0.4 is 0 Å². The highest BCUT2D eigenvalue weighted by Crippen LogP contribution is 2.14. The molecule has 0 spiro atoms. The minimum atomic E-state index is -0.361. The molecular formula is C8H12N4O2S. The fraction of sp³-hybridized carbons (Fsp3) is 0.500. The fourth-order valence-corrected chi connectivity index (χ4v) is 1.49. The lowest BCUT2D eigenvalue weighted by Crippen LogP contribution is -1.99. The molecule has 1 aromatic heterocycles. The van der Waals surface area contributed by atoms with Gasteiger partial charge in [-0.3, -0.25) is 0 Å². The number of tetrazole rings is 1. The van der Waals surface area contributed by atoms with E-state index in [0.29, 0.717) is 18.3 Å². The number of carbonyl (C=O) groups is 1. The third-order valence-electron chi connectivity index (χ3n) is 1.46. The molecule has 0 radical (unpaired) electrons. The Morgan fingerprint density at radius 3 is 3.07 bits per heavy atom. The highest BCUT2D eigenvalue weighted by molar-refractivity contribution is 8.02. The van der Waals surface area contributed by atoms with Crippen molar-refractivity contribution in [1.29, 1.82) is 0 Å². The second kappa shape index (κ2) is 6.18. The van der Waals surface area contributed by atoms with Crippen LogP contribution in [0.15, 0.2) is 16.6 Å². The SMILES string of the molecule is CCOC(=O)/C=C\Sc1nnnn1CC. The Morgan fingerprint density at radius 2 is 2.40 bits per heavy atom. The third kappa shape index (κ3) is 3.70. The first-order chi connectivity index (χ1) is 7.27. The van der Waals surface area contributed by atoms with Gasteiger partial charge in [0.05, 0.1) is 6.61 Å². The monoisotopic (exact) mass is 228 g/mol. The average Bonchev–Trinajstić information content (AvgIpc) is 2.66. The van der Waals surface area contributed by atoms with E-state index in [-0.39, 0.29) is 5.97 Å². The quantitative estimate of drug-likeness (QED) is 0.423. The van der Waals surface area contributed by atoms with Crippen molar-refractivity contribution in [2.45, 2.75) is 25.5 Å². The lowest BCUT2D eigenvalue weighted by molar-refractivity contribution is -0.137. The van der Waals surface area contributed by atoms with Crippen LogP contribution in [0.25, 0.3) is 0 Å². The summed E-state index contributed by atoms with van der Waals surface area (Å²) < 4.78 is 6.36. The van der Waals surface area contributed by atoms with Gasteiger partial charge in [-0.15, -0.1) is 5.10 Å². The zero-order valence-electron chi connectivity index (χ0n) is 8.58. The van der Waals surface area contributed by atoms with Crippen LogP contribution in [-0.2, 0) is 16.1 Å². The number of hydrogen-bond acceptors (Lipinski definition) is 6. The number of thioether (sulfide) groups is 1. The molecule has 6 nitrogen and oxygen atoms in total. The Balaban J connectivity index is 2.46. The van der Waals surface area contributed by atoms with Gasteiger partial charge in [0, 0.05) is 12.6 Å². The van der Waals surface area contributed by atoms with Crippen LogP contribution in [-0.4, -0.2) is 32.8 Å². The minimum Gasteiger partial charge on any atom is -0.463 e. The lowest BCUT2D eigenvalue weighted by Gasteiger charge is -1.96. The van der Waals surface area contributed by atoms with Crippen molar-refractivity contribution >= 4 is 17.7 Å². The van der Waals surface area contributed by atoms with Gasteiger partial charge in [-0.2, -0.15) is 0 Å². The van der Waals surface area contributed by atoms with Crippen molar-refractivity contribution in [3.63, 3.8) is 0 Å². The molecule has 1 heterocycles. The molecule has 0 aromatic carbocycles. The first-order valence-electron chi connectivity index (χ1n) is 4.54. The molecule has 0 aliphatic rings. The van der Waals surface area contributed by atoms with E-state index in [1.807, 2.05) is 6.92 Å². The average molecular weight is 228 g/mol. The van der Waals surface area contributed by atoms with E-state index in [2.05, 4.69) is 15.5 Å². The van der Waals surface area contributed by atoms with E-state index in [4.69, 9.17) is 4.74 Å². The number of ether oxygens (including phenoxy) is 1. The van der Waals surface area contributed by atoms with Crippen LogP contribution in [0.2, 0.25) is 0 Å². The van der Waals surface area contributed by atoms with Gasteiger partial charge in [0.1, 0.15) is 0 Å². The zero-order valence-corrected chi connectivity index (χ0v) is 9.40. The molecule has 0 unspecified atom stereocenters. The van der Waals surface area contributed by atoms with E-state index >= 15 is 0 Å². The normalized spacial score (nSPS) is 10.8. The summed E-state index contributed by atoms with van der Waals surface area (Å²) >= 11 is 1.28. The molecule has 0 saturated heterocycles. The molecule has 7 heteroatoms. The van der Waals surface area contributed by atoms with Gasteiger partial charge in [-0.25, -0.2) is 9.48 Å². The summed E-state index contributed by atoms with van der Waals surface area (Å²) in [5, 5.41) is 13.3. The number of rotatable bonds is 5. The topological polar surface area (TPSA) is 69.9 Å². The molecule has 0 saturated carbocycles. The van der Waals surface area contributed by atoms with Crippen molar-refractivity contribution in [3.8, 4) is 0 Å². The van der Waals surface area contributed by atoms with Crippen molar-refractivity contribution in [2.75, 3.05) is 6.61 Å². The van der Waals surface area contributed by atoms with Crippen LogP contribution in [0, 0.1) is 0 Å². The van der Waals surface area contributed by atoms with Crippen LogP contribution >= 0.6 is 11.8 Å². The number of esters is 1. The van der Waals surface area contributed by atoms with Crippen LogP contribution in [0.5, 0.6) is 0 Å². The molecule has 0 N–H and O–H groups in total. The summed E-state index contributed by atoms with van der Waals surface area (Å²) in [6.45, 7) is 4.77. The Kier molecular flexibility index (Phi) is 4.82. The fourth-order valence-electron chi connectivity index (χ4n) is 0.820. The van der Waals surface area contributed by atoms with E-state index in [1.54, 1.807) is 17.0 Å². The maximum Gasteiger partial charge on any atom is 0.331 e. The molecule has 1 aromatic rings. The molecule has 0 atom stereocenters. The summed E-state index contributed by atoms with van der Waals surface area (Å²) in [5.74, 6) is -0.361.